The third kappa shape index (κ3) is 3.24. The number of nitriles is 1. The van der Waals surface area contributed by atoms with Crippen molar-refractivity contribution < 1.29 is 4.39 Å². The van der Waals surface area contributed by atoms with Gasteiger partial charge < -0.3 is 10.7 Å². The van der Waals surface area contributed by atoms with Crippen LogP contribution in [0.2, 0.25) is 0 Å². The van der Waals surface area contributed by atoms with E-state index in [2.05, 4.69) is 26.2 Å². The molecule has 0 bridgehead atoms. The number of hydrogen-bond acceptors (Lipinski definition) is 5. The maximum Gasteiger partial charge on any atom is 0.161 e. The quantitative estimate of drug-likeness (QED) is 0.533. The topological polar surface area (TPSA) is 114 Å². The van der Waals surface area contributed by atoms with Gasteiger partial charge in [0.15, 0.2) is 11.5 Å². The number of rotatable bonds is 2. The molecular formula is C21H19FN8. The summed E-state index contributed by atoms with van der Waals surface area (Å²) in [5, 5.41) is 19.0. The highest BCUT2D eigenvalue weighted by Crippen LogP contribution is 2.27. The molecular weight excluding hydrogens is 383 g/mol. The molecule has 150 valence electrons. The van der Waals surface area contributed by atoms with Crippen molar-refractivity contribution in [2.75, 3.05) is 5.73 Å². The number of hydrogen-bond donors (Lipinski definition) is 2. The summed E-state index contributed by atoms with van der Waals surface area (Å²) in [6.07, 6.45) is 1.63. The lowest BCUT2D eigenvalue weighted by molar-refractivity contribution is 0.628. The first-order chi connectivity index (χ1) is 14.4. The van der Waals surface area contributed by atoms with E-state index in [9.17, 15) is 9.65 Å². The number of nitrogens with zero attached hydrogens (tertiary/aromatic N) is 6. The standard InChI is InChI=1S/C21H19FN8/c1-12-17(11-23)13(2)30(27-12)19-10-18(24)26-21-16(8-9-25-19)20(29(3)28-21)14-4-6-15(22)7-5-14/h4-10H,24H2,1-3H3,(H,26,28). The Balaban J connectivity index is 1.96. The first kappa shape index (κ1) is 19.1. The van der Waals surface area contributed by atoms with Crippen molar-refractivity contribution in [1.82, 2.24) is 29.5 Å². The molecule has 3 aromatic heterocycles. The van der Waals surface area contributed by atoms with E-state index in [1.165, 1.54) is 12.1 Å². The summed E-state index contributed by atoms with van der Waals surface area (Å²) in [5.41, 5.74) is 10.1. The summed E-state index contributed by atoms with van der Waals surface area (Å²) in [6, 6.07) is 11.8. The summed E-state index contributed by atoms with van der Waals surface area (Å²) in [6.45, 7) is 3.57. The smallest absolute Gasteiger partial charge is 0.161 e. The number of halogens is 1. The van der Waals surface area contributed by atoms with Gasteiger partial charge in [0.1, 0.15) is 17.7 Å². The van der Waals surface area contributed by atoms with E-state index in [1.807, 2.05) is 0 Å². The van der Waals surface area contributed by atoms with Crippen LogP contribution in [-0.4, -0.2) is 29.5 Å². The number of nitrogen functional groups attached to an aromatic ring is 1. The van der Waals surface area contributed by atoms with Crippen LogP contribution >= 0.6 is 0 Å². The second-order valence-electron chi connectivity index (χ2n) is 6.84. The first-order valence-corrected chi connectivity index (χ1v) is 9.17. The zero-order valence-electron chi connectivity index (χ0n) is 16.7. The van der Waals surface area contributed by atoms with E-state index in [-0.39, 0.29) is 5.82 Å². The van der Waals surface area contributed by atoms with E-state index in [0.29, 0.717) is 34.2 Å². The average molecular weight is 402 g/mol. The predicted octanol–water partition coefficient (Wildman–Crippen LogP) is 3.48. The third-order valence-corrected chi connectivity index (χ3v) is 4.82. The number of nitrogens with one attached hydrogen (secondary N) is 1. The van der Waals surface area contributed by atoms with Gasteiger partial charge in [-0.15, -0.1) is 0 Å². The molecule has 9 heteroatoms. The van der Waals surface area contributed by atoms with Gasteiger partial charge in [0, 0.05) is 30.3 Å². The van der Waals surface area contributed by atoms with E-state index in [1.54, 1.807) is 60.7 Å². The Labute approximate surface area is 171 Å². The number of aromatic nitrogens is 6. The molecule has 0 atom stereocenters. The van der Waals surface area contributed by atoms with Crippen LogP contribution in [0.3, 0.4) is 0 Å². The van der Waals surface area contributed by atoms with Gasteiger partial charge in [0.05, 0.1) is 22.6 Å². The van der Waals surface area contributed by atoms with Crippen LogP contribution in [0.1, 0.15) is 17.0 Å². The monoisotopic (exact) mass is 402 g/mol. The summed E-state index contributed by atoms with van der Waals surface area (Å²) < 4.78 is 16.6. The van der Waals surface area contributed by atoms with Crippen molar-refractivity contribution >= 4 is 16.9 Å². The zero-order chi connectivity index (χ0) is 21.4. The lowest BCUT2D eigenvalue weighted by Crippen LogP contribution is -2.02. The highest BCUT2D eigenvalue weighted by molar-refractivity contribution is 5.90. The number of fused-ring (bicyclic) bond motifs is 1. The SMILES string of the molecule is Cc1nn(-c2cc(N)[nH]c3nn(C)c(-c4ccc(F)cc4)c3ccn2)c(C)c1C#N. The number of benzene rings is 1. The minimum atomic E-state index is -0.308. The molecule has 0 aliphatic carbocycles. The third-order valence-electron chi connectivity index (χ3n) is 4.82. The minimum absolute atomic E-state index is 0.308. The Morgan fingerprint density at radius 3 is 2.53 bits per heavy atom. The fraction of sp³-hybridized carbons (Fsp3) is 0.143. The Bertz CT molecular complexity index is 1350. The van der Waals surface area contributed by atoms with Crippen molar-refractivity contribution in [3.8, 4) is 23.1 Å². The molecule has 4 rings (SSSR count). The Hall–Kier alpha value is -4.19. The van der Waals surface area contributed by atoms with Crippen LogP contribution in [0.4, 0.5) is 10.2 Å². The number of aromatic amines is 1. The van der Waals surface area contributed by atoms with Crippen LogP contribution in [0.25, 0.3) is 28.1 Å². The van der Waals surface area contributed by atoms with E-state index in [0.717, 1.165) is 16.6 Å². The van der Waals surface area contributed by atoms with Crippen molar-refractivity contribution in [1.29, 1.82) is 5.26 Å². The lowest BCUT2D eigenvalue weighted by atomic mass is 10.1. The fourth-order valence-electron chi connectivity index (χ4n) is 3.42. The van der Waals surface area contributed by atoms with Crippen molar-refractivity contribution in [3.63, 3.8) is 0 Å². The van der Waals surface area contributed by atoms with E-state index < -0.39 is 0 Å². The first-order valence-electron chi connectivity index (χ1n) is 9.17. The summed E-state index contributed by atoms with van der Waals surface area (Å²) in [7, 11) is 1.81. The van der Waals surface area contributed by atoms with Gasteiger partial charge in [0.25, 0.3) is 0 Å². The highest BCUT2D eigenvalue weighted by Gasteiger charge is 2.14. The number of aryl methyl sites for hydroxylation is 2. The molecule has 0 unspecified atom stereocenters. The van der Waals surface area contributed by atoms with E-state index in [4.69, 9.17) is 5.73 Å². The van der Waals surface area contributed by atoms with Crippen molar-refractivity contribution in [2.45, 2.75) is 13.8 Å². The second kappa shape index (κ2) is 7.33. The Kier molecular flexibility index (Phi) is 4.68. The molecule has 3 N–H and O–H groups in total. The molecule has 0 spiro atoms. The van der Waals surface area contributed by atoms with Gasteiger partial charge in [0.2, 0.25) is 0 Å². The van der Waals surface area contributed by atoms with Gasteiger partial charge in [-0.05, 0) is 44.2 Å². The second-order valence-corrected chi connectivity index (χ2v) is 6.84. The number of anilines is 1. The molecule has 3 heterocycles. The molecule has 0 aliphatic rings. The molecule has 8 nitrogen and oxygen atoms in total. The molecule has 0 aliphatic heterocycles. The van der Waals surface area contributed by atoms with Gasteiger partial charge in [-0.3, -0.25) is 4.68 Å². The number of nitrogens with two attached hydrogens (primary N) is 1. The average Bonchev–Trinajstić information content (AvgIpc) is 3.18. The molecule has 1 aromatic carbocycles. The van der Waals surface area contributed by atoms with Gasteiger partial charge in [-0.25, -0.2) is 14.1 Å². The minimum Gasteiger partial charge on any atom is -0.385 e. The Morgan fingerprint density at radius 1 is 1.13 bits per heavy atom. The van der Waals surface area contributed by atoms with Crippen LogP contribution in [-0.2, 0) is 7.05 Å². The molecule has 0 saturated heterocycles. The largest absolute Gasteiger partial charge is 0.385 e. The highest BCUT2D eigenvalue weighted by atomic mass is 19.1. The maximum atomic E-state index is 13.4. The van der Waals surface area contributed by atoms with E-state index >= 15 is 0 Å². The fourth-order valence-corrected chi connectivity index (χ4v) is 3.42. The molecule has 0 fully saturated rings. The maximum absolute atomic E-state index is 13.4. The summed E-state index contributed by atoms with van der Waals surface area (Å²) in [4.78, 5) is 7.60. The van der Waals surface area contributed by atoms with Crippen LogP contribution in [0.5, 0.6) is 0 Å². The van der Waals surface area contributed by atoms with Crippen LogP contribution in [0.15, 0.2) is 42.6 Å². The molecule has 0 saturated carbocycles. The molecule has 4 aromatic rings. The molecule has 30 heavy (non-hydrogen) atoms. The van der Waals surface area contributed by atoms with Crippen LogP contribution < -0.4 is 5.73 Å². The number of H-pyrrole nitrogens is 1. The normalized spacial score (nSPS) is 10.8. The van der Waals surface area contributed by atoms with Gasteiger partial charge in [-0.1, -0.05) is 0 Å². The lowest BCUT2D eigenvalue weighted by Gasteiger charge is -2.02. The van der Waals surface area contributed by atoms with Crippen molar-refractivity contribution in [2.24, 2.45) is 7.05 Å². The van der Waals surface area contributed by atoms with Crippen molar-refractivity contribution in [3.05, 3.63) is 65.4 Å². The van der Waals surface area contributed by atoms with Crippen LogP contribution in [0, 0.1) is 31.0 Å². The zero-order valence-corrected chi connectivity index (χ0v) is 16.7. The summed E-state index contributed by atoms with van der Waals surface area (Å²) >= 11 is 0. The van der Waals surface area contributed by atoms with Gasteiger partial charge >= 0.3 is 0 Å². The predicted molar refractivity (Wildman–Crippen MR) is 112 cm³/mol. The molecule has 0 amide bonds. The molecule has 0 radical (unpaired) electrons. The summed E-state index contributed by atoms with van der Waals surface area (Å²) in [5.74, 6) is 0.460. The van der Waals surface area contributed by atoms with Gasteiger partial charge in [-0.2, -0.15) is 15.5 Å². The Morgan fingerprint density at radius 2 is 1.87 bits per heavy atom.